The molecule has 0 unspecified atom stereocenters. The molecule has 0 spiro atoms. The molecule has 3 heterocycles. The van der Waals surface area contributed by atoms with Gasteiger partial charge in [0.15, 0.2) is 0 Å². The summed E-state index contributed by atoms with van der Waals surface area (Å²) in [4.78, 5) is 34.4. The minimum Gasteiger partial charge on any atom is -0.508 e. The lowest BCUT2D eigenvalue weighted by Gasteiger charge is -2.13. The predicted octanol–water partition coefficient (Wildman–Crippen LogP) is 3.41. The monoisotopic (exact) mass is 457 g/mol. The molecule has 3 aromatic rings. The van der Waals surface area contributed by atoms with E-state index in [1.165, 1.54) is 4.57 Å². The standard InChI is InChI=1S/C22H24ClN5O4/c1-2-3-10-27-20-16(13-17(23)24-20)21(30)28(22(27)31)11-5-4-9-18-25-19(26-32-18)14-7-6-8-15(29)12-14/h6-8,12,29H,2-5,9-11,13H2,1H3. The van der Waals surface area contributed by atoms with Crippen molar-refractivity contribution in [2.45, 2.75) is 58.5 Å². The van der Waals surface area contributed by atoms with Gasteiger partial charge in [-0.2, -0.15) is 4.98 Å². The fraction of sp³-hybridized carbons (Fsp3) is 0.409. The molecule has 0 atom stereocenters. The molecule has 0 amide bonds. The second-order valence-electron chi connectivity index (χ2n) is 7.73. The maximum Gasteiger partial charge on any atom is 0.332 e. The molecule has 9 nitrogen and oxygen atoms in total. The SMILES string of the molecule is CCCCn1c2c(c(=O)n(CCCCc3nc(-c4cccc(O)c4)no3)c1=O)CC(Cl)=N2. The Morgan fingerprint density at radius 3 is 2.75 bits per heavy atom. The van der Waals surface area contributed by atoms with Crippen LogP contribution in [0.4, 0.5) is 5.82 Å². The van der Waals surface area contributed by atoms with E-state index < -0.39 is 0 Å². The second-order valence-corrected chi connectivity index (χ2v) is 8.17. The molecule has 0 saturated carbocycles. The predicted molar refractivity (Wildman–Crippen MR) is 121 cm³/mol. The highest BCUT2D eigenvalue weighted by atomic mass is 35.5. The number of aryl methyl sites for hydroxylation is 1. The summed E-state index contributed by atoms with van der Waals surface area (Å²) in [5.74, 6) is 1.40. The minimum absolute atomic E-state index is 0.130. The van der Waals surface area contributed by atoms with E-state index in [2.05, 4.69) is 15.1 Å². The Morgan fingerprint density at radius 2 is 1.97 bits per heavy atom. The molecule has 0 radical (unpaired) electrons. The number of benzene rings is 1. The number of rotatable bonds is 9. The Hall–Kier alpha value is -3.20. The number of phenolic OH excluding ortho intramolecular Hbond substituents is 1. The highest BCUT2D eigenvalue weighted by Gasteiger charge is 2.24. The third-order valence-corrected chi connectivity index (χ3v) is 5.59. The van der Waals surface area contributed by atoms with Gasteiger partial charge in [0.2, 0.25) is 11.7 Å². The average Bonchev–Trinajstić information content (AvgIpc) is 3.40. The Morgan fingerprint density at radius 1 is 1.16 bits per heavy atom. The van der Waals surface area contributed by atoms with E-state index in [1.54, 1.807) is 28.8 Å². The van der Waals surface area contributed by atoms with Crippen LogP contribution in [0.25, 0.3) is 11.4 Å². The lowest BCUT2D eigenvalue weighted by Crippen LogP contribution is -2.41. The number of phenols is 1. The summed E-state index contributed by atoms with van der Waals surface area (Å²) in [6, 6.07) is 6.63. The van der Waals surface area contributed by atoms with Gasteiger partial charge in [-0.3, -0.25) is 13.9 Å². The normalized spacial score (nSPS) is 12.8. The van der Waals surface area contributed by atoms with Crippen LogP contribution in [-0.4, -0.2) is 29.6 Å². The van der Waals surface area contributed by atoms with Crippen molar-refractivity contribution in [3.05, 3.63) is 56.6 Å². The van der Waals surface area contributed by atoms with Crippen LogP contribution in [0.5, 0.6) is 5.75 Å². The number of aromatic hydroxyl groups is 1. The molecule has 168 valence electrons. The lowest BCUT2D eigenvalue weighted by atomic mass is 10.2. The largest absolute Gasteiger partial charge is 0.508 e. The number of nitrogens with zero attached hydrogens (tertiary/aromatic N) is 5. The number of unbranched alkanes of at least 4 members (excludes halogenated alkanes) is 2. The van der Waals surface area contributed by atoms with Crippen LogP contribution in [-0.2, 0) is 25.9 Å². The first kappa shape index (κ1) is 22.0. The first-order valence-corrected chi connectivity index (χ1v) is 11.1. The van der Waals surface area contributed by atoms with Gasteiger partial charge in [0, 0.05) is 31.5 Å². The maximum absolute atomic E-state index is 13.0. The average molecular weight is 458 g/mol. The number of fused-ring (bicyclic) bond motifs is 1. The summed E-state index contributed by atoms with van der Waals surface area (Å²) >= 11 is 6.06. The van der Waals surface area contributed by atoms with Crippen molar-refractivity contribution in [2.75, 3.05) is 0 Å². The molecular formula is C22H24ClN5O4. The number of halogens is 1. The van der Waals surface area contributed by atoms with Crippen LogP contribution in [0.3, 0.4) is 0 Å². The van der Waals surface area contributed by atoms with Crippen LogP contribution in [0.15, 0.2) is 43.4 Å². The summed E-state index contributed by atoms with van der Waals surface area (Å²) in [5.41, 5.74) is 0.485. The van der Waals surface area contributed by atoms with Gasteiger partial charge >= 0.3 is 5.69 Å². The molecule has 1 aromatic carbocycles. The summed E-state index contributed by atoms with van der Waals surface area (Å²) < 4.78 is 8.14. The topological polar surface area (TPSA) is 116 Å². The van der Waals surface area contributed by atoms with E-state index >= 15 is 0 Å². The van der Waals surface area contributed by atoms with Gasteiger partial charge in [-0.15, -0.1) is 0 Å². The van der Waals surface area contributed by atoms with Crippen molar-refractivity contribution in [1.29, 1.82) is 0 Å². The van der Waals surface area contributed by atoms with E-state index in [1.807, 2.05) is 6.92 Å². The quantitative estimate of drug-likeness (QED) is 0.492. The molecule has 10 heteroatoms. The van der Waals surface area contributed by atoms with Crippen molar-refractivity contribution in [2.24, 2.45) is 4.99 Å². The molecule has 2 aromatic heterocycles. The molecule has 1 N–H and O–H groups in total. The fourth-order valence-electron chi connectivity index (χ4n) is 3.71. The molecule has 32 heavy (non-hydrogen) atoms. The van der Waals surface area contributed by atoms with Crippen molar-refractivity contribution in [3.63, 3.8) is 0 Å². The first-order chi connectivity index (χ1) is 15.5. The first-order valence-electron chi connectivity index (χ1n) is 10.7. The van der Waals surface area contributed by atoms with Gasteiger partial charge in [0.25, 0.3) is 5.56 Å². The number of hydrogen-bond donors (Lipinski definition) is 1. The van der Waals surface area contributed by atoms with Crippen LogP contribution >= 0.6 is 11.6 Å². The zero-order chi connectivity index (χ0) is 22.7. The summed E-state index contributed by atoms with van der Waals surface area (Å²) in [6.07, 6.45) is 3.78. The molecule has 0 fully saturated rings. The van der Waals surface area contributed by atoms with Gasteiger partial charge in [-0.1, -0.05) is 42.2 Å². The number of hydrogen-bond acceptors (Lipinski definition) is 7. The molecular weight excluding hydrogens is 434 g/mol. The molecule has 0 bridgehead atoms. The summed E-state index contributed by atoms with van der Waals surface area (Å²) in [5, 5.41) is 13.9. The Labute approximate surface area is 189 Å². The minimum atomic E-state index is -0.346. The summed E-state index contributed by atoms with van der Waals surface area (Å²) in [6.45, 7) is 2.84. The molecule has 1 aliphatic heterocycles. The van der Waals surface area contributed by atoms with Gasteiger partial charge in [-0.05, 0) is 31.4 Å². The van der Waals surface area contributed by atoms with Gasteiger partial charge in [0.1, 0.15) is 16.7 Å². The van der Waals surface area contributed by atoms with E-state index in [9.17, 15) is 14.7 Å². The number of aliphatic imine (C=N–C) groups is 1. The van der Waals surface area contributed by atoms with Crippen molar-refractivity contribution in [1.82, 2.24) is 19.3 Å². The van der Waals surface area contributed by atoms with Crippen molar-refractivity contribution < 1.29 is 9.63 Å². The molecule has 4 rings (SSSR count). The fourth-order valence-corrected chi connectivity index (χ4v) is 3.92. The Kier molecular flexibility index (Phi) is 6.55. The van der Waals surface area contributed by atoms with Gasteiger partial charge in [-0.25, -0.2) is 9.79 Å². The zero-order valence-corrected chi connectivity index (χ0v) is 18.5. The second kappa shape index (κ2) is 9.52. The van der Waals surface area contributed by atoms with Crippen LogP contribution < -0.4 is 11.2 Å². The lowest BCUT2D eigenvalue weighted by molar-refractivity contribution is 0.372. The third kappa shape index (κ3) is 4.52. The van der Waals surface area contributed by atoms with Gasteiger partial charge < -0.3 is 9.63 Å². The smallest absolute Gasteiger partial charge is 0.332 e. The summed E-state index contributed by atoms with van der Waals surface area (Å²) in [7, 11) is 0. The van der Waals surface area contributed by atoms with Crippen LogP contribution in [0.2, 0.25) is 0 Å². The van der Waals surface area contributed by atoms with Crippen LogP contribution in [0, 0.1) is 0 Å². The van der Waals surface area contributed by atoms with E-state index in [-0.39, 0.29) is 23.4 Å². The molecule has 0 aliphatic carbocycles. The van der Waals surface area contributed by atoms with E-state index in [0.717, 1.165) is 12.8 Å². The van der Waals surface area contributed by atoms with Crippen LogP contribution in [0.1, 0.15) is 44.1 Å². The zero-order valence-electron chi connectivity index (χ0n) is 17.8. The molecule has 0 saturated heterocycles. The Bertz CT molecular complexity index is 1270. The van der Waals surface area contributed by atoms with E-state index in [4.69, 9.17) is 16.1 Å². The highest BCUT2D eigenvalue weighted by molar-refractivity contribution is 6.66. The Balaban J connectivity index is 1.43. The molecule has 1 aliphatic rings. The van der Waals surface area contributed by atoms with Crippen molar-refractivity contribution in [3.8, 4) is 17.1 Å². The number of aromatic nitrogens is 4. The highest BCUT2D eigenvalue weighted by Crippen LogP contribution is 2.24. The van der Waals surface area contributed by atoms with Gasteiger partial charge in [0.05, 0.1) is 5.56 Å². The maximum atomic E-state index is 13.0. The van der Waals surface area contributed by atoms with E-state index in [0.29, 0.717) is 66.2 Å². The third-order valence-electron chi connectivity index (χ3n) is 5.37. The van der Waals surface area contributed by atoms with Crippen molar-refractivity contribution >= 4 is 22.6 Å².